The van der Waals surface area contributed by atoms with Crippen LogP contribution in [0.3, 0.4) is 0 Å². The smallest absolute Gasteiger partial charge is 0.336 e. The molecule has 0 unspecified atom stereocenters. The Hall–Kier alpha value is -2.34. The average molecular weight is 346 g/mol. The monoisotopic (exact) mass is 346 g/mol. The summed E-state index contributed by atoms with van der Waals surface area (Å²) in [6.45, 7) is 5.30. The molecule has 1 amide bonds. The highest BCUT2D eigenvalue weighted by molar-refractivity contribution is 5.85. The zero-order valence-corrected chi connectivity index (χ0v) is 15.3. The standard InChI is InChI=1S/C19H26N2O4/c1-5-14-11-18(23)25-19-13(2)16(8-7-15(14)19)24-12-17(22)20-9-6-10-21(3)4/h7-8,11H,5-6,9-10,12H2,1-4H3,(H,20,22). The molecule has 2 rings (SSSR count). The van der Waals surface area contributed by atoms with Crippen molar-refractivity contribution in [3.05, 3.63) is 39.7 Å². The van der Waals surface area contributed by atoms with Gasteiger partial charge in [0.1, 0.15) is 11.3 Å². The third-order valence-electron chi connectivity index (χ3n) is 4.04. The number of benzene rings is 1. The van der Waals surface area contributed by atoms with E-state index in [1.807, 2.05) is 40.1 Å². The van der Waals surface area contributed by atoms with Crippen molar-refractivity contribution in [3.63, 3.8) is 0 Å². The van der Waals surface area contributed by atoms with E-state index in [4.69, 9.17) is 9.15 Å². The molecule has 25 heavy (non-hydrogen) atoms. The van der Waals surface area contributed by atoms with Crippen molar-refractivity contribution in [1.29, 1.82) is 0 Å². The molecule has 0 saturated carbocycles. The molecule has 0 aliphatic heterocycles. The molecule has 0 spiro atoms. The number of nitrogens with one attached hydrogen (secondary N) is 1. The lowest BCUT2D eigenvalue weighted by Crippen LogP contribution is -2.31. The van der Waals surface area contributed by atoms with Crippen LogP contribution >= 0.6 is 0 Å². The van der Waals surface area contributed by atoms with Crippen molar-refractivity contribution in [2.75, 3.05) is 33.8 Å². The van der Waals surface area contributed by atoms with Crippen molar-refractivity contribution >= 4 is 16.9 Å². The van der Waals surface area contributed by atoms with Crippen LogP contribution in [0.1, 0.15) is 24.5 Å². The molecular formula is C19H26N2O4. The number of rotatable bonds is 8. The van der Waals surface area contributed by atoms with Gasteiger partial charge in [0.15, 0.2) is 6.61 Å². The van der Waals surface area contributed by atoms with Crippen LogP contribution in [0.25, 0.3) is 11.0 Å². The van der Waals surface area contributed by atoms with Crippen molar-refractivity contribution in [2.45, 2.75) is 26.7 Å². The molecule has 2 aromatic rings. The van der Waals surface area contributed by atoms with Crippen LogP contribution in [0, 0.1) is 6.92 Å². The minimum absolute atomic E-state index is 0.0635. The van der Waals surface area contributed by atoms with Crippen molar-refractivity contribution in [2.24, 2.45) is 0 Å². The summed E-state index contributed by atoms with van der Waals surface area (Å²) in [6, 6.07) is 5.20. The summed E-state index contributed by atoms with van der Waals surface area (Å²) in [5, 5.41) is 3.73. The van der Waals surface area contributed by atoms with E-state index in [1.165, 1.54) is 6.07 Å². The lowest BCUT2D eigenvalue weighted by Gasteiger charge is -2.12. The number of nitrogens with zero attached hydrogens (tertiary/aromatic N) is 1. The Bertz CT molecular complexity index is 796. The second-order valence-electron chi connectivity index (χ2n) is 6.31. The van der Waals surface area contributed by atoms with E-state index >= 15 is 0 Å². The van der Waals surface area contributed by atoms with Gasteiger partial charge in [0.25, 0.3) is 5.91 Å². The summed E-state index contributed by atoms with van der Waals surface area (Å²) in [4.78, 5) is 25.6. The summed E-state index contributed by atoms with van der Waals surface area (Å²) in [6.07, 6.45) is 1.63. The fraction of sp³-hybridized carbons (Fsp3) is 0.474. The van der Waals surface area contributed by atoms with Gasteiger partial charge >= 0.3 is 5.63 Å². The predicted octanol–water partition coefficient (Wildman–Crippen LogP) is 2.11. The van der Waals surface area contributed by atoms with Gasteiger partial charge in [-0.3, -0.25) is 4.79 Å². The Balaban J connectivity index is 2.03. The van der Waals surface area contributed by atoms with Crippen molar-refractivity contribution in [3.8, 4) is 5.75 Å². The molecule has 1 aromatic heterocycles. The molecular weight excluding hydrogens is 320 g/mol. The minimum Gasteiger partial charge on any atom is -0.483 e. The topological polar surface area (TPSA) is 71.8 Å². The zero-order valence-electron chi connectivity index (χ0n) is 15.3. The van der Waals surface area contributed by atoms with Gasteiger partial charge in [0.2, 0.25) is 0 Å². The molecule has 0 aliphatic rings. The van der Waals surface area contributed by atoms with E-state index in [1.54, 1.807) is 0 Å². The van der Waals surface area contributed by atoms with Crippen molar-refractivity contribution in [1.82, 2.24) is 10.2 Å². The second-order valence-corrected chi connectivity index (χ2v) is 6.31. The normalized spacial score (nSPS) is 11.1. The van der Waals surface area contributed by atoms with E-state index in [9.17, 15) is 9.59 Å². The largest absolute Gasteiger partial charge is 0.483 e. The quantitative estimate of drug-likeness (QED) is 0.585. The molecule has 0 bridgehead atoms. The Morgan fingerprint density at radius 2 is 2.08 bits per heavy atom. The molecule has 1 aromatic carbocycles. The number of fused-ring (bicyclic) bond motifs is 1. The Morgan fingerprint density at radius 3 is 2.76 bits per heavy atom. The third kappa shape index (κ3) is 5.06. The van der Waals surface area contributed by atoms with E-state index < -0.39 is 0 Å². The summed E-state index contributed by atoms with van der Waals surface area (Å²) in [7, 11) is 3.99. The number of carbonyl (C=O) groups is 1. The van der Waals surface area contributed by atoms with Crippen molar-refractivity contribution < 1.29 is 13.9 Å². The summed E-state index contributed by atoms with van der Waals surface area (Å²) in [5.74, 6) is 0.384. The first kappa shape index (κ1) is 19.0. The van der Waals surface area contributed by atoms with Gasteiger partial charge in [0.05, 0.1) is 0 Å². The summed E-state index contributed by atoms with van der Waals surface area (Å²) in [5.41, 5.74) is 1.82. The van der Waals surface area contributed by atoms with Gasteiger partial charge in [-0.15, -0.1) is 0 Å². The maximum Gasteiger partial charge on any atom is 0.336 e. The molecule has 136 valence electrons. The first-order valence-electron chi connectivity index (χ1n) is 8.53. The number of carbonyl (C=O) groups excluding carboxylic acids is 1. The van der Waals surface area contributed by atoms with E-state index in [0.29, 0.717) is 17.9 Å². The average Bonchev–Trinajstić information content (AvgIpc) is 2.57. The number of ether oxygens (including phenoxy) is 1. The van der Waals surface area contributed by atoms with Crippen LogP contribution in [0.2, 0.25) is 0 Å². The van der Waals surface area contributed by atoms with Crippen LogP contribution in [0.5, 0.6) is 5.75 Å². The fourth-order valence-corrected chi connectivity index (χ4v) is 2.67. The van der Waals surface area contributed by atoms with Crippen LogP contribution in [0.4, 0.5) is 0 Å². The minimum atomic E-state index is -0.372. The van der Waals surface area contributed by atoms with Gasteiger partial charge in [-0.2, -0.15) is 0 Å². The van der Waals surface area contributed by atoms with Crippen LogP contribution in [-0.4, -0.2) is 44.6 Å². The summed E-state index contributed by atoms with van der Waals surface area (Å²) < 4.78 is 11.0. The molecule has 0 atom stereocenters. The lowest BCUT2D eigenvalue weighted by atomic mass is 10.0. The van der Waals surface area contributed by atoms with Gasteiger partial charge < -0.3 is 19.4 Å². The van der Waals surface area contributed by atoms with E-state index in [0.717, 1.165) is 35.9 Å². The summed E-state index contributed by atoms with van der Waals surface area (Å²) >= 11 is 0. The molecule has 0 radical (unpaired) electrons. The molecule has 0 aliphatic carbocycles. The van der Waals surface area contributed by atoms with Gasteiger partial charge in [-0.1, -0.05) is 6.92 Å². The van der Waals surface area contributed by atoms with E-state index in [-0.39, 0.29) is 18.1 Å². The first-order chi connectivity index (χ1) is 11.9. The molecule has 0 saturated heterocycles. The van der Waals surface area contributed by atoms with E-state index in [2.05, 4.69) is 10.2 Å². The second kappa shape index (κ2) is 8.67. The lowest BCUT2D eigenvalue weighted by molar-refractivity contribution is -0.123. The van der Waals surface area contributed by atoms with Gasteiger partial charge in [-0.05, 0) is 58.1 Å². The number of aryl methyl sites for hydroxylation is 2. The van der Waals surface area contributed by atoms with Crippen LogP contribution in [0.15, 0.2) is 27.4 Å². The molecule has 6 heteroatoms. The maximum absolute atomic E-state index is 11.9. The third-order valence-corrected chi connectivity index (χ3v) is 4.04. The van der Waals surface area contributed by atoms with Gasteiger partial charge in [0, 0.05) is 23.6 Å². The Labute approximate surface area is 147 Å². The number of amides is 1. The van der Waals surface area contributed by atoms with Crippen LogP contribution in [-0.2, 0) is 11.2 Å². The SMILES string of the molecule is CCc1cc(=O)oc2c(C)c(OCC(=O)NCCCN(C)C)ccc12. The highest BCUT2D eigenvalue weighted by Crippen LogP contribution is 2.28. The fourth-order valence-electron chi connectivity index (χ4n) is 2.67. The molecule has 1 heterocycles. The zero-order chi connectivity index (χ0) is 18.4. The number of hydrogen-bond donors (Lipinski definition) is 1. The molecule has 6 nitrogen and oxygen atoms in total. The Kier molecular flexibility index (Phi) is 6.58. The van der Waals surface area contributed by atoms with Crippen LogP contribution < -0.4 is 15.7 Å². The first-order valence-corrected chi connectivity index (χ1v) is 8.53. The highest BCUT2D eigenvalue weighted by atomic mass is 16.5. The molecule has 0 fully saturated rings. The van der Waals surface area contributed by atoms with Gasteiger partial charge in [-0.25, -0.2) is 4.79 Å². The number of hydrogen-bond acceptors (Lipinski definition) is 5. The predicted molar refractivity (Wildman–Crippen MR) is 98.3 cm³/mol. The Morgan fingerprint density at radius 1 is 1.32 bits per heavy atom. The maximum atomic E-state index is 11.9. The highest BCUT2D eigenvalue weighted by Gasteiger charge is 2.12. The molecule has 1 N–H and O–H groups in total.